The summed E-state index contributed by atoms with van der Waals surface area (Å²) >= 11 is 7.63. The van der Waals surface area contributed by atoms with Crippen molar-refractivity contribution in [2.75, 3.05) is 18.4 Å². The van der Waals surface area contributed by atoms with Crippen molar-refractivity contribution in [3.63, 3.8) is 0 Å². The van der Waals surface area contributed by atoms with Crippen molar-refractivity contribution in [3.05, 3.63) is 70.1 Å². The first kappa shape index (κ1) is 19.9. The molecule has 1 N–H and O–H groups in total. The zero-order valence-corrected chi connectivity index (χ0v) is 17.5. The van der Waals surface area contributed by atoms with E-state index in [4.69, 9.17) is 16.3 Å². The second-order valence-corrected chi connectivity index (χ2v) is 8.86. The summed E-state index contributed by atoms with van der Waals surface area (Å²) in [4.78, 5) is 20.3. The number of nitrogens with zero attached hydrogens (tertiary/aromatic N) is 2. The molecule has 2 aromatic heterocycles. The van der Waals surface area contributed by atoms with Gasteiger partial charge in [0.2, 0.25) is 5.91 Å². The summed E-state index contributed by atoms with van der Waals surface area (Å²) in [5, 5.41) is 3.03. The van der Waals surface area contributed by atoms with Crippen LogP contribution in [-0.4, -0.2) is 28.9 Å². The number of rotatable bonds is 6. The summed E-state index contributed by atoms with van der Waals surface area (Å²) in [6.07, 6.45) is 5.10. The highest BCUT2D eigenvalue weighted by molar-refractivity contribution is 7.16. The van der Waals surface area contributed by atoms with Crippen molar-refractivity contribution in [3.8, 4) is 11.5 Å². The second kappa shape index (κ2) is 9.39. The molecule has 0 aliphatic carbocycles. The number of pyridine rings is 1. The number of carbonyl (C=O) groups is 1. The molecule has 1 aromatic carbocycles. The smallest absolute Gasteiger partial charge is 0.227 e. The Labute approximate surface area is 179 Å². The van der Waals surface area contributed by atoms with Crippen LogP contribution in [0, 0.1) is 5.92 Å². The van der Waals surface area contributed by atoms with Gasteiger partial charge in [0.1, 0.15) is 11.5 Å². The normalized spacial score (nSPS) is 15.2. The molecule has 0 unspecified atom stereocenters. The van der Waals surface area contributed by atoms with Gasteiger partial charge in [-0.2, -0.15) is 0 Å². The van der Waals surface area contributed by atoms with Gasteiger partial charge in [0, 0.05) is 29.2 Å². The minimum absolute atomic E-state index is 0.0458. The Morgan fingerprint density at radius 1 is 1.14 bits per heavy atom. The van der Waals surface area contributed by atoms with Crippen LogP contribution in [0.1, 0.15) is 17.7 Å². The molecular formula is C22H22ClN3O2S. The molecule has 1 aliphatic rings. The first-order valence-electron chi connectivity index (χ1n) is 9.61. The van der Waals surface area contributed by atoms with Crippen molar-refractivity contribution in [2.24, 2.45) is 5.92 Å². The summed E-state index contributed by atoms with van der Waals surface area (Å²) < 4.78 is 6.55. The Morgan fingerprint density at radius 3 is 2.59 bits per heavy atom. The molecule has 5 nitrogen and oxygen atoms in total. The Bertz CT molecular complexity index is 938. The van der Waals surface area contributed by atoms with Crippen LogP contribution >= 0.6 is 22.9 Å². The standard InChI is InChI=1S/C22H22ClN3O2S/c23-21-8-7-20(29-21)15-26-12-9-16(10-13-26)22(27)25-17-3-5-18(6-4-17)28-19-2-1-11-24-14-19/h1-8,11,14,16H,9-10,12-13,15H2,(H,25,27). The van der Waals surface area contributed by atoms with Crippen LogP contribution in [0.5, 0.6) is 11.5 Å². The van der Waals surface area contributed by atoms with E-state index in [1.165, 1.54) is 4.88 Å². The lowest BCUT2D eigenvalue weighted by Crippen LogP contribution is -2.37. The number of carbonyl (C=O) groups excluding carboxylic acids is 1. The number of thiophene rings is 1. The number of benzene rings is 1. The van der Waals surface area contributed by atoms with Gasteiger partial charge in [-0.3, -0.25) is 14.7 Å². The first-order chi connectivity index (χ1) is 14.2. The van der Waals surface area contributed by atoms with E-state index in [1.54, 1.807) is 23.7 Å². The molecule has 150 valence electrons. The third-order valence-corrected chi connectivity index (χ3v) is 6.17. The fraction of sp³-hybridized carbons (Fsp3) is 0.273. The Kier molecular flexibility index (Phi) is 6.44. The molecule has 0 radical (unpaired) electrons. The lowest BCUT2D eigenvalue weighted by Gasteiger charge is -2.30. The average molecular weight is 428 g/mol. The van der Waals surface area contributed by atoms with Crippen molar-refractivity contribution in [1.82, 2.24) is 9.88 Å². The second-order valence-electron chi connectivity index (χ2n) is 7.06. The van der Waals surface area contributed by atoms with E-state index in [0.29, 0.717) is 11.5 Å². The van der Waals surface area contributed by atoms with Gasteiger partial charge in [-0.05, 0) is 74.5 Å². The maximum Gasteiger partial charge on any atom is 0.227 e. The summed E-state index contributed by atoms with van der Waals surface area (Å²) in [5.41, 5.74) is 0.782. The third kappa shape index (κ3) is 5.56. The van der Waals surface area contributed by atoms with Crippen LogP contribution in [0.15, 0.2) is 60.9 Å². The Morgan fingerprint density at radius 2 is 1.93 bits per heavy atom. The Hall–Kier alpha value is -2.41. The summed E-state index contributed by atoms with van der Waals surface area (Å²) in [7, 11) is 0. The van der Waals surface area contributed by atoms with Crippen LogP contribution in [0.25, 0.3) is 0 Å². The number of halogens is 1. The minimum Gasteiger partial charge on any atom is -0.456 e. The van der Waals surface area contributed by atoms with Gasteiger partial charge in [-0.15, -0.1) is 11.3 Å². The highest BCUT2D eigenvalue weighted by atomic mass is 35.5. The van der Waals surface area contributed by atoms with Gasteiger partial charge in [0.05, 0.1) is 10.5 Å². The molecule has 0 atom stereocenters. The van der Waals surface area contributed by atoms with Gasteiger partial charge in [-0.25, -0.2) is 0 Å². The van der Waals surface area contributed by atoms with Crippen LogP contribution in [0.3, 0.4) is 0 Å². The van der Waals surface area contributed by atoms with Gasteiger partial charge in [-0.1, -0.05) is 11.6 Å². The third-order valence-electron chi connectivity index (χ3n) is 4.96. The van der Waals surface area contributed by atoms with Crippen LogP contribution in [-0.2, 0) is 11.3 Å². The topological polar surface area (TPSA) is 54.5 Å². The first-order valence-corrected chi connectivity index (χ1v) is 10.8. The molecule has 1 amide bonds. The molecule has 3 heterocycles. The number of piperidine rings is 1. The molecule has 7 heteroatoms. The van der Waals surface area contributed by atoms with Gasteiger partial charge >= 0.3 is 0 Å². The van der Waals surface area contributed by atoms with Gasteiger partial charge < -0.3 is 10.1 Å². The molecule has 4 rings (SSSR count). The monoisotopic (exact) mass is 427 g/mol. The zero-order valence-electron chi connectivity index (χ0n) is 15.9. The summed E-state index contributed by atoms with van der Waals surface area (Å²) in [6.45, 7) is 2.75. The fourth-order valence-corrected chi connectivity index (χ4v) is 4.53. The molecule has 29 heavy (non-hydrogen) atoms. The highest BCUT2D eigenvalue weighted by Crippen LogP contribution is 2.26. The van der Waals surface area contributed by atoms with E-state index < -0.39 is 0 Å². The number of nitrogens with one attached hydrogen (secondary N) is 1. The molecule has 0 saturated carbocycles. The maximum atomic E-state index is 12.6. The summed E-state index contributed by atoms with van der Waals surface area (Å²) in [6, 6.07) is 15.1. The molecule has 0 bridgehead atoms. The molecule has 1 fully saturated rings. The van der Waals surface area contributed by atoms with E-state index >= 15 is 0 Å². The van der Waals surface area contributed by atoms with E-state index in [0.717, 1.165) is 42.5 Å². The summed E-state index contributed by atoms with van der Waals surface area (Å²) in [5.74, 6) is 1.52. The molecule has 3 aromatic rings. The highest BCUT2D eigenvalue weighted by Gasteiger charge is 2.25. The van der Waals surface area contributed by atoms with Crippen molar-refractivity contribution in [2.45, 2.75) is 19.4 Å². The van der Waals surface area contributed by atoms with Crippen LogP contribution in [0.2, 0.25) is 4.34 Å². The average Bonchev–Trinajstić information content (AvgIpc) is 3.15. The number of anilines is 1. The van der Waals surface area contributed by atoms with Crippen molar-refractivity contribution >= 4 is 34.5 Å². The molecule has 1 aliphatic heterocycles. The molecule has 0 spiro atoms. The lowest BCUT2D eigenvalue weighted by molar-refractivity contribution is -0.121. The quantitative estimate of drug-likeness (QED) is 0.569. The fourth-order valence-electron chi connectivity index (χ4n) is 3.40. The largest absolute Gasteiger partial charge is 0.456 e. The van der Waals surface area contributed by atoms with E-state index in [-0.39, 0.29) is 11.8 Å². The number of ether oxygens (including phenoxy) is 1. The van der Waals surface area contributed by atoms with Gasteiger partial charge in [0.15, 0.2) is 0 Å². The number of hydrogen-bond acceptors (Lipinski definition) is 5. The number of hydrogen-bond donors (Lipinski definition) is 1. The number of amides is 1. The Balaban J connectivity index is 1.25. The molecular weight excluding hydrogens is 406 g/mol. The van der Waals surface area contributed by atoms with E-state index in [1.807, 2.05) is 42.5 Å². The van der Waals surface area contributed by atoms with E-state index in [2.05, 4.69) is 21.3 Å². The zero-order chi connectivity index (χ0) is 20.1. The van der Waals surface area contributed by atoms with Crippen LogP contribution < -0.4 is 10.1 Å². The molecule has 1 saturated heterocycles. The van der Waals surface area contributed by atoms with Crippen molar-refractivity contribution < 1.29 is 9.53 Å². The minimum atomic E-state index is 0.0458. The van der Waals surface area contributed by atoms with Crippen molar-refractivity contribution in [1.29, 1.82) is 0 Å². The lowest BCUT2D eigenvalue weighted by atomic mass is 9.95. The predicted molar refractivity (Wildman–Crippen MR) is 117 cm³/mol. The van der Waals surface area contributed by atoms with Crippen LogP contribution in [0.4, 0.5) is 5.69 Å². The SMILES string of the molecule is O=C(Nc1ccc(Oc2cccnc2)cc1)C1CCN(Cc2ccc(Cl)s2)CC1. The number of aromatic nitrogens is 1. The number of likely N-dealkylation sites (tertiary alicyclic amines) is 1. The van der Waals surface area contributed by atoms with Gasteiger partial charge in [0.25, 0.3) is 0 Å². The maximum absolute atomic E-state index is 12.6. The van der Waals surface area contributed by atoms with E-state index in [9.17, 15) is 4.79 Å². The predicted octanol–water partition coefficient (Wildman–Crippen LogP) is 5.44.